The number of aromatic hydroxyl groups is 1. The van der Waals surface area contributed by atoms with Gasteiger partial charge in [-0.25, -0.2) is 0 Å². The van der Waals surface area contributed by atoms with Crippen LogP contribution in [0.5, 0.6) is 5.75 Å². The fraction of sp³-hybridized carbons (Fsp3) is 0.433. The van der Waals surface area contributed by atoms with E-state index in [1.807, 2.05) is 0 Å². The maximum Gasteiger partial charge on any atom is 0.249 e. The van der Waals surface area contributed by atoms with E-state index in [2.05, 4.69) is 21.3 Å². The second kappa shape index (κ2) is 18.1. The molecular formula is C30H41N5O9S. The number of carbonyl (C=O) groups is 5. The summed E-state index contributed by atoms with van der Waals surface area (Å²) in [6.07, 6.45) is -1.53. The minimum atomic E-state index is -1.45. The Morgan fingerprint density at radius 3 is 2.09 bits per heavy atom. The van der Waals surface area contributed by atoms with Crippen LogP contribution in [0.15, 0.2) is 54.6 Å². The average Bonchev–Trinajstić information content (AvgIpc) is 3.03. The van der Waals surface area contributed by atoms with E-state index >= 15 is 0 Å². The van der Waals surface area contributed by atoms with Crippen LogP contribution < -0.4 is 27.0 Å². The molecule has 0 spiro atoms. The number of nitrogens with two attached hydrogens (primary N) is 1. The number of phenolic OH excluding ortho intramolecular Hbond substituents is 1. The standard InChI is InChI=1S/C30H41N5O9S/c1-30(2,17-37)25(40)28(43)33-13-12-22(39)32-14-15-45-29(44)24(19-6-4-3-5-7-19)35-26(41)21(16-36)34-27(42)23(31)18-8-10-20(38)11-9-18/h3-11,21,23-25,36-38,40H,12-17,31H2,1-2H3,(H,32,39)(H,33,43)(H,34,42)(H,35,41)/t21-,23+,24-,25-/m0/s1. The van der Waals surface area contributed by atoms with Gasteiger partial charge in [-0.3, -0.25) is 24.0 Å². The Balaban J connectivity index is 1.90. The summed E-state index contributed by atoms with van der Waals surface area (Å²) in [5.74, 6) is -2.56. The molecule has 0 aliphatic rings. The summed E-state index contributed by atoms with van der Waals surface area (Å²) in [7, 11) is 0. The summed E-state index contributed by atoms with van der Waals surface area (Å²) in [6, 6.07) is 10.2. The lowest BCUT2D eigenvalue weighted by Gasteiger charge is -2.27. The van der Waals surface area contributed by atoms with Gasteiger partial charge in [0.15, 0.2) is 0 Å². The van der Waals surface area contributed by atoms with Crippen molar-refractivity contribution in [1.82, 2.24) is 21.3 Å². The van der Waals surface area contributed by atoms with Crippen LogP contribution in [0.1, 0.15) is 43.5 Å². The van der Waals surface area contributed by atoms with Crippen molar-refractivity contribution in [2.24, 2.45) is 11.1 Å². The highest BCUT2D eigenvalue weighted by Crippen LogP contribution is 2.21. The van der Waals surface area contributed by atoms with Crippen LogP contribution in [0.2, 0.25) is 0 Å². The summed E-state index contributed by atoms with van der Waals surface area (Å²) < 4.78 is 0. The number of carbonyl (C=O) groups excluding carboxylic acids is 5. The molecule has 0 saturated heterocycles. The van der Waals surface area contributed by atoms with Gasteiger partial charge in [-0.05, 0) is 23.3 Å². The van der Waals surface area contributed by atoms with Crippen LogP contribution in [0.3, 0.4) is 0 Å². The van der Waals surface area contributed by atoms with Gasteiger partial charge in [0, 0.05) is 30.7 Å². The Labute approximate surface area is 265 Å². The van der Waals surface area contributed by atoms with Crippen molar-refractivity contribution in [2.75, 3.05) is 32.1 Å². The van der Waals surface area contributed by atoms with Crippen LogP contribution >= 0.6 is 11.8 Å². The van der Waals surface area contributed by atoms with Crippen molar-refractivity contribution >= 4 is 40.5 Å². The molecule has 0 fully saturated rings. The fourth-order valence-electron chi connectivity index (χ4n) is 3.81. The minimum absolute atomic E-state index is 0.0159. The normalized spacial score (nSPS) is 13.9. The molecule has 14 nitrogen and oxygen atoms in total. The first kappa shape index (κ1) is 37.2. The summed E-state index contributed by atoms with van der Waals surface area (Å²) in [4.78, 5) is 63.0. The van der Waals surface area contributed by atoms with Crippen LogP contribution in [0.4, 0.5) is 0 Å². The number of hydrogen-bond acceptors (Lipinski definition) is 11. The number of phenols is 1. The van der Waals surface area contributed by atoms with Crippen molar-refractivity contribution < 1.29 is 44.4 Å². The zero-order valence-corrected chi connectivity index (χ0v) is 25.9. The summed E-state index contributed by atoms with van der Waals surface area (Å²) >= 11 is 0.853. The van der Waals surface area contributed by atoms with Gasteiger partial charge in [0.05, 0.1) is 13.2 Å². The number of nitrogens with one attached hydrogen (secondary N) is 4. The van der Waals surface area contributed by atoms with Crippen molar-refractivity contribution in [3.8, 4) is 5.75 Å². The first-order chi connectivity index (χ1) is 21.3. The Bertz CT molecular complexity index is 1290. The molecule has 2 rings (SSSR count). The number of aliphatic hydroxyl groups excluding tert-OH is 3. The van der Waals surface area contributed by atoms with Gasteiger partial charge >= 0.3 is 0 Å². The first-order valence-electron chi connectivity index (χ1n) is 14.1. The van der Waals surface area contributed by atoms with Gasteiger partial charge in [0.1, 0.15) is 30.0 Å². The number of amides is 4. The third-order valence-electron chi connectivity index (χ3n) is 6.72. The Kier molecular flexibility index (Phi) is 14.9. The Hall–Kier alpha value is -4.02. The van der Waals surface area contributed by atoms with E-state index in [1.54, 1.807) is 30.3 Å². The molecule has 0 bridgehead atoms. The van der Waals surface area contributed by atoms with E-state index in [9.17, 15) is 44.4 Å². The van der Waals surface area contributed by atoms with Gasteiger partial charge < -0.3 is 47.4 Å². The SMILES string of the molecule is CC(C)(CO)[C@@H](O)C(=O)NCCC(=O)NCCSC(=O)[C@@H](NC(=O)[C@H](CO)NC(=O)[C@H](N)c1ccc(O)cc1)c1ccccc1. The van der Waals surface area contributed by atoms with E-state index < -0.39 is 71.6 Å². The molecule has 0 aromatic heterocycles. The lowest BCUT2D eigenvalue weighted by atomic mass is 9.87. The van der Waals surface area contributed by atoms with E-state index in [1.165, 1.54) is 38.1 Å². The molecule has 0 heterocycles. The molecule has 10 N–H and O–H groups in total. The van der Waals surface area contributed by atoms with Gasteiger partial charge in [0.2, 0.25) is 28.7 Å². The monoisotopic (exact) mass is 647 g/mol. The smallest absolute Gasteiger partial charge is 0.249 e. The molecule has 0 unspecified atom stereocenters. The molecule has 0 aliphatic heterocycles. The van der Waals surface area contributed by atoms with Crippen LogP contribution in [-0.4, -0.2) is 93.4 Å². The second-order valence-electron chi connectivity index (χ2n) is 10.8. The summed E-state index contributed by atoms with van der Waals surface area (Å²) in [5, 5.41) is 48.1. The maximum atomic E-state index is 13.2. The summed E-state index contributed by atoms with van der Waals surface area (Å²) in [5.41, 5.74) is 5.75. The van der Waals surface area contributed by atoms with Crippen molar-refractivity contribution in [3.05, 3.63) is 65.7 Å². The van der Waals surface area contributed by atoms with Crippen molar-refractivity contribution in [1.29, 1.82) is 0 Å². The lowest BCUT2D eigenvalue weighted by molar-refractivity contribution is -0.137. The number of benzene rings is 2. The first-order valence-corrected chi connectivity index (χ1v) is 15.1. The fourth-order valence-corrected chi connectivity index (χ4v) is 4.57. The number of hydrogen-bond donors (Lipinski definition) is 9. The third-order valence-corrected chi connectivity index (χ3v) is 7.65. The van der Waals surface area contributed by atoms with Crippen molar-refractivity contribution in [3.63, 3.8) is 0 Å². The second-order valence-corrected chi connectivity index (χ2v) is 11.9. The third kappa shape index (κ3) is 11.8. The largest absolute Gasteiger partial charge is 0.508 e. The number of thioether (sulfide) groups is 1. The molecule has 4 amide bonds. The molecule has 0 saturated carbocycles. The molecule has 0 radical (unpaired) electrons. The molecule has 0 aliphatic carbocycles. The van der Waals surface area contributed by atoms with Crippen LogP contribution in [0, 0.1) is 5.41 Å². The molecule has 2 aromatic carbocycles. The Morgan fingerprint density at radius 2 is 1.49 bits per heavy atom. The van der Waals surface area contributed by atoms with Gasteiger partial charge in [-0.2, -0.15) is 0 Å². The molecular weight excluding hydrogens is 606 g/mol. The predicted octanol–water partition coefficient (Wildman–Crippen LogP) is -1.01. The van der Waals surface area contributed by atoms with Crippen molar-refractivity contribution in [2.45, 2.75) is 44.5 Å². The van der Waals surface area contributed by atoms with E-state index in [-0.39, 0.29) is 31.0 Å². The topological polar surface area (TPSA) is 240 Å². The van der Waals surface area contributed by atoms with Crippen LogP contribution in [0.25, 0.3) is 0 Å². The molecule has 4 atom stereocenters. The molecule has 246 valence electrons. The van der Waals surface area contributed by atoms with E-state index in [4.69, 9.17) is 5.73 Å². The van der Waals surface area contributed by atoms with Gasteiger partial charge in [-0.1, -0.05) is 68.1 Å². The highest BCUT2D eigenvalue weighted by atomic mass is 32.2. The van der Waals surface area contributed by atoms with Crippen LogP contribution in [-0.2, 0) is 24.0 Å². The minimum Gasteiger partial charge on any atom is -0.508 e. The molecule has 2 aromatic rings. The molecule has 15 heteroatoms. The zero-order chi connectivity index (χ0) is 33.6. The Morgan fingerprint density at radius 1 is 0.844 bits per heavy atom. The molecule has 45 heavy (non-hydrogen) atoms. The number of aliphatic hydroxyl groups is 3. The van der Waals surface area contributed by atoms with Gasteiger partial charge in [0.25, 0.3) is 0 Å². The highest BCUT2D eigenvalue weighted by molar-refractivity contribution is 8.13. The predicted molar refractivity (Wildman–Crippen MR) is 166 cm³/mol. The number of rotatable bonds is 17. The lowest BCUT2D eigenvalue weighted by Crippen LogP contribution is -2.52. The quantitative estimate of drug-likeness (QED) is 0.0942. The van der Waals surface area contributed by atoms with Gasteiger partial charge in [-0.15, -0.1) is 0 Å². The average molecular weight is 648 g/mol. The van der Waals surface area contributed by atoms with E-state index in [0.29, 0.717) is 11.1 Å². The zero-order valence-electron chi connectivity index (χ0n) is 25.1. The summed E-state index contributed by atoms with van der Waals surface area (Å²) in [6.45, 7) is 1.94. The maximum absolute atomic E-state index is 13.2. The highest BCUT2D eigenvalue weighted by Gasteiger charge is 2.33. The van der Waals surface area contributed by atoms with E-state index in [0.717, 1.165) is 11.8 Å².